The molecule has 0 fully saturated rings. The van der Waals surface area contributed by atoms with Crippen LogP contribution >= 0.6 is 0 Å². The molecule has 0 amide bonds. The number of nitrogens with two attached hydrogens (primary N) is 1. The molecule has 16 heavy (non-hydrogen) atoms. The molecular formula is C13H22N2O. The molecule has 1 rings (SSSR count). The second-order valence-corrected chi connectivity index (χ2v) is 4.49. The van der Waals surface area contributed by atoms with Crippen molar-refractivity contribution in [1.82, 2.24) is 0 Å². The minimum atomic E-state index is 0.149. The Hall–Kier alpha value is -1.22. The van der Waals surface area contributed by atoms with E-state index in [2.05, 4.69) is 30.9 Å². The van der Waals surface area contributed by atoms with E-state index >= 15 is 0 Å². The predicted octanol–water partition coefficient (Wildman–Crippen LogP) is 2.10. The maximum absolute atomic E-state index is 5.82. The van der Waals surface area contributed by atoms with Gasteiger partial charge in [-0.25, -0.2) is 0 Å². The zero-order valence-electron chi connectivity index (χ0n) is 10.9. The number of hydrogen-bond donors (Lipinski definition) is 1. The fraction of sp³-hybridized carbons (Fsp3) is 0.538. The molecule has 0 aliphatic carbocycles. The van der Waals surface area contributed by atoms with Crippen LogP contribution in [-0.2, 0) is 0 Å². The SMILES string of the molecule is COc1c(C)cc(C)cc1N(C)CC(C)N. The Morgan fingerprint density at radius 1 is 1.38 bits per heavy atom. The third kappa shape index (κ3) is 2.89. The summed E-state index contributed by atoms with van der Waals surface area (Å²) in [6.07, 6.45) is 0. The molecule has 1 aromatic carbocycles. The second kappa shape index (κ2) is 5.21. The second-order valence-electron chi connectivity index (χ2n) is 4.49. The van der Waals surface area contributed by atoms with E-state index in [1.807, 2.05) is 14.0 Å². The number of anilines is 1. The number of likely N-dealkylation sites (N-methyl/N-ethyl adjacent to an activating group) is 1. The van der Waals surface area contributed by atoms with Gasteiger partial charge in [0, 0.05) is 19.6 Å². The van der Waals surface area contributed by atoms with Crippen molar-refractivity contribution in [3.63, 3.8) is 0 Å². The van der Waals surface area contributed by atoms with Crippen LogP contribution in [0.4, 0.5) is 5.69 Å². The number of methoxy groups -OCH3 is 1. The summed E-state index contributed by atoms with van der Waals surface area (Å²) in [4.78, 5) is 2.14. The molecule has 1 unspecified atom stereocenters. The number of aryl methyl sites for hydroxylation is 2. The van der Waals surface area contributed by atoms with Crippen molar-refractivity contribution in [2.45, 2.75) is 26.8 Å². The normalized spacial score (nSPS) is 12.4. The molecule has 0 aromatic heterocycles. The summed E-state index contributed by atoms with van der Waals surface area (Å²) in [6.45, 7) is 6.98. The summed E-state index contributed by atoms with van der Waals surface area (Å²) in [5, 5.41) is 0. The molecule has 1 aromatic rings. The first-order chi connectivity index (χ1) is 7.45. The smallest absolute Gasteiger partial charge is 0.145 e. The Balaban J connectivity index is 3.10. The fourth-order valence-corrected chi connectivity index (χ4v) is 2.01. The van der Waals surface area contributed by atoms with Gasteiger partial charge in [0.1, 0.15) is 5.75 Å². The molecule has 1 atom stereocenters. The van der Waals surface area contributed by atoms with Crippen LogP contribution in [0.2, 0.25) is 0 Å². The van der Waals surface area contributed by atoms with Crippen molar-refractivity contribution in [2.24, 2.45) is 5.73 Å². The molecule has 0 spiro atoms. The highest BCUT2D eigenvalue weighted by Gasteiger charge is 2.12. The molecule has 0 heterocycles. The number of ether oxygens (including phenoxy) is 1. The van der Waals surface area contributed by atoms with Gasteiger partial charge < -0.3 is 15.4 Å². The lowest BCUT2D eigenvalue weighted by molar-refractivity contribution is 0.411. The highest BCUT2D eigenvalue weighted by molar-refractivity contribution is 5.63. The van der Waals surface area contributed by atoms with Crippen molar-refractivity contribution in [1.29, 1.82) is 0 Å². The van der Waals surface area contributed by atoms with Crippen LogP contribution in [0, 0.1) is 13.8 Å². The largest absolute Gasteiger partial charge is 0.494 e. The summed E-state index contributed by atoms with van der Waals surface area (Å²) in [5.41, 5.74) is 9.33. The lowest BCUT2D eigenvalue weighted by atomic mass is 10.1. The molecular weight excluding hydrogens is 200 g/mol. The monoisotopic (exact) mass is 222 g/mol. The van der Waals surface area contributed by atoms with Crippen LogP contribution in [0.25, 0.3) is 0 Å². The fourth-order valence-electron chi connectivity index (χ4n) is 2.01. The molecule has 2 N–H and O–H groups in total. The third-order valence-electron chi connectivity index (χ3n) is 2.58. The minimum Gasteiger partial charge on any atom is -0.494 e. The van der Waals surface area contributed by atoms with Crippen LogP contribution < -0.4 is 15.4 Å². The Morgan fingerprint density at radius 2 is 2.00 bits per heavy atom. The summed E-state index contributed by atoms with van der Waals surface area (Å²) >= 11 is 0. The van der Waals surface area contributed by atoms with Gasteiger partial charge in [0.25, 0.3) is 0 Å². The van der Waals surface area contributed by atoms with Crippen molar-refractivity contribution in [3.8, 4) is 5.75 Å². The van der Waals surface area contributed by atoms with Crippen LogP contribution in [0.3, 0.4) is 0 Å². The third-order valence-corrected chi connectivity index (χ3v) is 2.58. The number of nitrogens with zero attached hydrogens (tertiary/aromatic N) is 1. The quantitative estimate of drug-likeness (QED) is 0.848. The first-order valence-corrected chi connectivity index (χ1v) is 5.57. The zero-order chi connectivity index (χ0) is 12.3. The molecule has 90 valence electrons. The Labute approximate surface area is 98.2 Å². The summed E-state index contributed by atoms with van der Waals surface area (Å²) in [6, 6.07) is 4.41. The molecule has 3 nitrogen and oxygen atoms in total. The van der Waals surface area contributed by atoms with E-state index in [-0.39, 0.29) is 6.04 Å². The lowest BCUT2D eigenvalue weighted by Crippen LogP contribution is -2.33. The van der Waals surface area contributed by atoms with Gasteiger partial charge in [-0.2, -0.15) is 0 Å². The highest BCUT2D eigenvalue weighted by atomic mass is 16.5. The first kappa shape index (κ1) is 12.8. The van der Waals surface area contributed by atoms with Gasteiger partial charge in [0.05, 0.1) is 12.8 Å². The highest BCUT2D eigenvalue weighted by Crippen LogP contribution is 2.32. The molecule has 0 saturated heterocycles. The number of benzene rings is 1. The van der Waals surface area contributed by atoms with Gasteiger partial charge >= 0.3 is 0 Å². The van der Waals surface area contributed by atoms with E-state index in [1.165, 1.54) is 5.56 Å². The van der Waals surface area contributed by atoms with E-state index in [4.69, 9.17) is 10.5 Å². The zero-order valence-corrected chi connectivity index (χ0v) is 10.9. The van der Waals surface area contributed by atoms with Crippen LogP contribution in [0.15, 0.2) is 12.1 Å². The van der Waals surface area contributed by atoms with E-state index in [9.17, 15) is 0 Å². The van der Waals surface area contributed by atoms with Crippen LogP contribution in [0.5, 0.6) is 5.75 Å². The summed E-state index contributed by atoms with van der Waals surface area (Å²) in [7, 11) is 3.75. The topological polar surface area (TPSA) is 38.5 Å². The molecule has 0 radical (unpaired) electrons. The average Bonchev–Trinajstić information content (AvgIpc) is 2.15. The van der Waals surface area contributed by atoms with Crippen molar-refractivity contribution < 1.29 is 4.74 Å². The molecule has 0 saturated carbocycles. The number of rotatable bonds is 4. The van der Waals surface area contributed by atoms with E-state index in [1.54, 1.807) is 7.11 Å². The maximum atomic E-state index is 5.82. The van der Waals surface area contributed by atoms with Gasteiger partial charge in [-0.05, 0) is 38.0 Å². The van der Waals surface area contributed by atoms with Crippen molar-refractivity contribution >= 4 is 5.69 Å². The molecule has 0 aliphatic heterocycles. The van der Waals surface area contributed by atoms with E-state index < -0.39 is 0 Å². The van der Waals surface area contributed by atoms with Crippen LogP contribution in [-0.4, -0.2) is 26.7 Å². The predicted molar refractivity (Wildman–Crippen MR) is 69.4 cm³/mol. The van der Waals surface area contributed by atoms with Gasteiger partial charge in [-0.15, -0.1) is 0 Å². The molecule has 0 aliphatic rings. The minimum absolute atomic E-state index is 0.149. The van der Waals surface area contributed by atoms with Gasteiger partial charge in [0.15, 0.2) is 0 Å². The van der Waals surface area contributed by atoms with Gasteiger partial charge in [-0.3, -0.25) is 0 Å². The standard InChI is InChI=1S/C13H22N2O/c1-9-6-10(2)13(16-5)12(7-9)15(4)8-11(3)14/h6-7,11H,8,14H2,1-5H3. The number of hydrogen-bond acceptors (Lipinski definition) is 3. The first-order valence-electron chi connectivity index (χ1n) is 5.57. The Bertz CT molecular complexity index is 361. The lowest BCUT2D eigenvalue weighted by Gasteiger charge is -2.25. The Kier molecular flexibility index (Phi) is 4.19. The van der Waals surface area contributed by atoms with Crippen molar-refractivity contribution in [2.75, 3.05) is 25.6 Å². The van der Waals surface area contributed by atoms with Gasteiger partial charge in [0.2, 0.25) is 0 Å². The summed E-state index contributed by atoms with van der Waals surface area (Å²) < 4.78 is 5.45. The molecule has 3 heteroatoms. The Morgan fingerprint density at radius 3 is 2.50 bits per heavy atom. The van der Waals surface area contributed by atoms with E-state index in [0.29, 0.717) is 0 Å². The van der Waals surface area contributed by atoms with Crippen molar-refractivity contribution in [3.05, 3.63) is 23.3 Å². The maximum Gasteiger partial charge on any atom is 0.145 e. The molecule has 0 bridgehead atoms. The average molecular weight is 222 g/mol. The summed E-state index contributed by atoms with van der Waals surface area (Å²) in [5.74, 6) is 0.939. The van der Waals surface area contributed by atoms with Crippen LogP contribution in [0.1, 0.15) is 18.1 Å². The van der Waals surface area contributed by atoms with Gasteiger partial charge in [-0.1, -0.05) is 6.07 Å². The van der Waals surface area contributed by atoms with E-state index in [0.717, 1.165) is 23.5 Å².